The first-order valence-corrected chi connectivity index (χ1v) is 5.39. The second-order valence-electron chi connectivity index (χ2n) is 3.78. The molecule has 0 aliphatic heterocycles. The van der Waals surface area contributed by atoms with Crippen LogP contribution in [0, 0.1) is 5.92 Å². The fraction of sp³-hybridized carbons (Fsp3) is 0.364. The number of nitrogens with zero attached hydrogens (tertiary/aromatic N) is 2. The number of hydrogen-bond acceptors (Lipinski definition) is 3. The van der Waals surface area contributed by atoms with Crippen molar-refractivity contribution in [3.8, 4) is 0 Å². The Morgan fingerprint density at radius 1 is 1.59 bits per heavy atom. The Hall–Kier alpha value is -1.62. The quantitative estimate of drug-likeness (QED) is 0.887. The second kappa shape index (κ2) is 5.63. The van der Waals surface area contributed by atoms with Gasteiger partial charge in [-0.15, -0.1) is 0 Å². The van der Waals surface area contributed by atoms with Gasteiger partial charge in [0.15, 0.2) is 0 Å². The van der Waals surface area contributed by atoms with E-state index >= 15 is 0 Å². The number of carbonyl (C=O) groups excluding carboxylic acids is 1. The van der Waals surface area contributed by atoms with Crippen LogP contribution >= 0.6 is 11.6 Å². The molecule has 1 amide bonds. The van der Waals surface area contributed by atoms with Crippen LogP contribution in [0.5, 0.6) is 0 Å². The molecule has 6 heteroatoms. The van der Waals surface area contributed by atoms with Crippen LogP contribution in [0.3, 0.4) is 0 Å². The summed E-state index contributed by atoms with van der Waals surface area (Å²) in [7, 11) is 1.53. The number of aromatic nitrogens is 1. The summed E-state index contributed by atoms with van der Waals surface area (Å²) in [5.41, 5.74) is 0.206. The summed E-state index contributed by atoms with van der Waals surface area (Å²) in [6.45, 7) is 1.67. The van der Waals surface area contributed by atoms with E-state index in [1.54, 1.807) is 6.07 Å². The predicted molar refractivity (Wildman–Crippen MR) is 63.0 cm³/mol. The van der Waals surface area contributed by atoms with Gasteiger partial charge in [-0.25, -0.2) is 0 Å². The Kier molecular flexibility index (Phi) is 4.45. The molecule has 1 N–H and O–H groups in total. The van der Waals surface area contributed by atoms with E-state index in [1.165, 1.54) is 31.1 Å². The minimum absolute atomic E-state index is 0.127. The molecule has 1 rings (SSSR count). The van der Waals surface area contributed by atoms with Crippen molar-refractivity contribution < 1.29 is 14.7 Å². The predicted octanol–water partition coefficient (Wildman–Crippen LogP) is 1.53. The van der Waals surface area contributed by atoms with Gasteiger partial charge in [0.25, 0.3) is 5.91 Å². The Morgan fingerprint density at radius 2 is 2.24 bits per heavy atom. The first-order valence-electron chi connectivity index (χ1n) is 5.01. The molecule has 17 heavy (non-hydrogen) atoms. The Balaban J connectivity index is 2.73. The maximum absolute atomic E-state index is 11.9. The Labute approximate surface area is 104 Å². The molecule has 92 valence electrons. The van der Waals surface area contributed by atoms with E-state index in [1.807, 2.05) is 0 Å². The fourth-order valence-corrected chi connectivity index (χ4v) is 1.45. The first kappa shape index (κ1) is 13.4. The van der Waals surface area contributed by atoms with Crippen LogP contribution in [0.15, 0.2) is 18.3 Å². The third kappa shape index (κ3) is 3.71. The van der Waals surface area contributed by atoms with E-state index in [4.69, 9.17) is 16.7 Å². The lowest BCUT2D eigenvalue weighted by Crippen LogP contribution is -2.34. The van der Waals surface area contributed by atoms with Gasteiger partial charge in [0, 0.05) is 24.8 Å². The van der Waals surface area contributed by atoms with E-state index in [0.717, 1.165) is 0 Å². The zero-order valence-corrected chi connectivity index (χ0v) is 10.3. The second-order valence-corrected chi connectivity index (χ2v) is 4.22. The molecule has 0 fully saturated rings. The van der Waals surface area contributed by atoms with Crippen molar-refractivity contribution in [1.29, 1.82) is 0 Å². The smallest absolute Gasteiger partial charge is 0.308 e. The maximum Gasteiger partial charge on any atom is 0.308 e. The maximum atomic E-state index is 11.9. The van der Waals surface area contributed by atoms with Crippen molar-refractivity contribution in [2.75, 3.05) is 13.6 Å². The topological polar surface area (TPSA) is 70.5 Å². The highest BCUT2D eigenvalue weighted by atomic mass is 35.5. The average molecular weight is 257 g/mol. The van der Waals surface area contributed by atoms with E-state index in [9.17, 15) is 9.59 Å². The number of amides is 1. The summed E-state index contributed by atoms with van der Waals surface area (Å²) in [5, 5.41) is 9.17. The lowest BCUT2D eigenvalue weighted by molar-refractivity contribution is -0.141. The molecule has 1 atom stereocenters. The van der Waals surface area contributed by atoms with Crippen LogP contribution in [0.1, 0.15) is 17.4 Å². The molecule has 0 bridgehead atoms. The van der Waals surface area contributed by atoms with Gasteiger partial charge in [0.1, 0.15) is 5.69 Å². The molecular weight excluding hydrogens is 244 g/mol. The highest BCUT2D eigenvalue weighted by molar-refractivity contribution is 6.30. The molecule has 1 aromatic rings. The molecule has 0 aromatic carbocycles. The average Bonchev–Trinajstić information content (AvgIpc) is 2.27. The van der Waals surface area contributed by atoms with Gasteiger partial charge >= 0.3 is 5.97 Å². The molecule has 0 saturated carbocycles. The third-order valence-electron chi connectivity index (χ3n) is 2.26. The van der Waals surface area contributed by atoms with Crippen molar-refractivity contribution in [3.63, 3.8) is 0 Å². The summed E-state index contributed by atoms with van der Waals surface area (Å²) < 4.78 is 0. The van der Waals surface area contributed by atoms with Crippen LogP contribution in [0.25, 0.3) is 0 Å². The molecule has 1 heterocycles. The Morgan fingerprint density at radius 3 is 2.76 bits per heavy atom. The molecule has 0 aliphatic carbocycles. The van der Waals surface area contributed by atoms with Crippen molar-refractivity contribution >= 4 is 23.5 Å². The van der Waals surface area contributed by atoms with Gasteiger partial charge in [-0.2, -0.15) is 0 Å². The van der Waals surface area contributed by atoms with Crippen molar-refractivity contribution in [2.45, 2.75) is 6.92 Å². The minimum Gasteiger partial charge on any atom is -0.481 e. The van der Waals surface area contributed by atoms with Crippen LogP contribution in [0.4, 0.5) is 0 Å². The number of hydrogen-bond donors (Lipinski definition) is 1. The van der Waals surface area contributed by atoms with Gasteiger partial charge in [-0.05, 0) is 12.1 Å². The van der Waals surface area contributed by atoms with E-state index < -0.39 is 11.9 Å². The lowest BCUT2D eigenvalue weighted by Gasteiger charge is -2.18. The number of rotatable bonds is 4. The fourth-order valence-electron chi connectivity index (χ4n) is 1.29. The minimum atomic E-state index is -0.941. The lowest BCUT2D eigenvalue weighted by atomic mass is 10.1. The van der Waals surface area contributed by atoms with Crippen molar-refractivity contribution in [1.82, 2.24) is 9.88 Å². The zero-order valence-electron chi connectivity index (χ0n) is 9.55. The highest BCUT2D eigenvalue weighted by Gasteiger charge is 2.19. The summed E-state index contributed by atoms with van der Waals surface area (Å²) in [6.07, 6.45) is 1.43. The number of halogens is 1. The normalized spacial score (nSPS) is 11.9. The van der Waals surface area contributed by atoms with Crippen LogP contribution < -0.4 is 0 Å². The van der Waals surface area contributed by atoms with Gasteiger partial charge in [-0.1, -0.05) is 18.5 Å². The molecular formula is C11H13ClN2O3. The first-order chi connectivity index (χ1) is 7.91. The number of aliphatic carboxylic acids is 1. The van der Waals surface area contributed by atoms with Crippen LogP contribution in [-0.2, 0) is 4.79 Å². The third-order valence-corrected chi connectivity index (χ3v) is 2.49. The van der Waals surface area contributed by atoms with Crippen molar-refractivity contribution in [2.24, 2.45) is 5.92 Å². The summed E-state index contributed by atoms with van der Waals surface area (Å²) in [5.74, 6) is -1.91. The van der Waals surface area contributed by atoms with Gasteiger partial charge < -0.3 is 10.0 Å². The Bertz CT molecular complexity index is 436. The standard InChI is InChI=1S/C11H13ClN2O3/c1-7(11(16)17)6-14(2)10(15)9-5-8(12)3-4-13-9/h3-5,7H,6H2,1-2H3,(H,16,17). The van der Waals surface area contributed by atoms with E-state index in [-0.39, 0.29) is 18.1 Å². The van der Waals surface area contributed by atoms with Crippen LogP contribution in [0.2, 0.25) is 5.02 Å². The molecule has 0 radical (unpaired) electrons. The van der Waals surface area contributed by atoms with Crippen molar-refractivity contribution in [3.05, 3.63) is 29.0 Å². The number of carboxylic acids is 1. The summed E-state index contributed by atoms with van der Waals surface area (Å²) in [4.78, 5) is 27.7. The summed E-state index contributed by atoms with van der Waals surface area (Å²) >= 11 is 5.74. The largest absolute Gasteiger partial charge is 0.481 e. The van der Waals surface area contributed by atoms with Gasteiger partial charge in [-0.3, -0.25) is 14.6 Å². The summed E-state index contributed by atoms with van der Waals surface area (Å²) in [6, 6.07) is 3.02. The van der Waals surface area contributed by atoms with Crippen LogP contribution in [-0.4, -0.2) is 40.5 Å². The van der Waals surface area contributed by atoms with E-state index in [2.05, 4.69) is 4.98 Å². The molecule has 0 saturated heterocycles. The molecule has 0 spiro atoms. The highest BCUT2D eigenvalue weighted by Crippen LogP contribution is 2.10. The zero-order chi connectivity index (χ0) is 13.0. The molecule has 1 aromatic heterocycles. The van der Waals surface area contributed by atoms with Gasteiger partial charge in [0.05, 0.1) is 5.92 Å². The molecule has 1 unspecified atom stereocenters. The molecule has 5 nitrogen and oxygen atoms in total. The molecule has 0 aliphatic rings. The number of pyridine rings is 1. The number of carboxylic acid groups (broad SMARTS) is 1. The monoisotopic (exact) mass is 256 g/mol. The van der Waals surface area contributed by atoms with E-state index in [0.29, 0.717) is 5.02 Å². The van der Waals surface area contributed by atoms with Gasteiger partial charge in [0.2, 0.25) is 0 Å². The number of carbonyl (C=O) groups is 2. The SMILES string of the molecule is CC(CN(C)C(=O)c1cc(Cl)ccn1)C(=O)O.